The van der Waals surface area contributed by atoms with Crippen LogP contribution in [-0.2, 0) is 11.2 Å². The minimum atomic E-state index is 0.00615. The molecular formula is C29H39NO. The maximum Gasteiger partial charge on any atom is 0.0974 e. The van der Waals surface area contributed by atoms with Crippen LogP contribution in [0.5, 0.6) is 0 Å². The Labute approximate surface area is 188 Å². The third-order valence-corrected chi connectivity index (χ3v) is 10.2. The van der Waals surface area contributed by atoms with Crippen LogP contribution in [0.3, 0.4) is 0 Å². The van der Waals surface area contributed by atoms with Gasteiger partial charge in [-0.05, 0) is 112 Å². The normalized spacial score (nSPS) is 43.2. The molecule has 1 aromatic carbocycles. The Bertz CT molecular complexity index is 916. The van der Waals surface area contributed by atoms with Crippen molar-refractivity contribution in [3.63, 3.8) is 0 Å². The van der Waals surface area contributed by atoms with E-state index < -0.39 is 0 Å². The topological polar surface area (TPSA) is 12.5 Å². The summed E-state index contributed by atoms with van der Waals surface area (Å²) in [5.41, 5.74) is 5.11. The summed E-state index contributed by atoms with van der Waals surface area (Å²) in [6, 6.07) is 11.8. The summed E-state index contributed by atoms with van der Waals surface area (Å²) < 4.78 is 7.39. The van der Waals surface area contributed by atoms with Gasteiger partial charge >= 0.3 is 0 Å². The largest absolute Gasteiger partial charge is 0.359 e. The fraction of sp³-hybridized carbons (Fsp3) is 0.655. The van der Waals surface area contributed by atoms with Gasteiger partial charge in [-0.25, -0.2) is 0 Å². The maximum absolute atomic E-state index is 7.39. The lowest BCUT2D eigenvalue weighted by Crippen LogP contribution is -2.55. The average Bonchev–Trinajstić information content (AvgIpc) is 3.27. The van der Waals surface area contributed by atoms with Crippen molar-refractivity contribution in [1.29, 1.82) is 0 Å². The molecule has 6 atom stereocenters. The van der Waals surface area contributed by atoms with Crippen molar-refractivity contribution in [2.75, 3.05) is 14.1 Å². The lowest BCUT2D eigenvalue weighted by Gasteiger charge is -2.54. The molecule has 2 nitrogen and oxygen atoms in total. The van der Waals surface area contributed by atoms with Crippen LogP contribution >= 0.6 is 0 Å². The van der Waals surface area contributed by atoms with Gasteiger partial charge in [0.1, 0.15) is 0 Å². The van der Waals surface area contributed by atoms with Crippen molar-refractivity contribution >= 4 is 0 Å². The van der Waals surface area contributed by atoms with Gasteiger partial charge in [0.25, 0.3) is 0 Å². The first-order valence-electron chi connectivity index (χ1n) is 12.8. The van der Waals surface area contributed by atoms with Gasteiger partial charge in [-0.2, -0.15) is 0 Å². The fourth-order valence-corrected chi connectivity index (χ4v) is 8.38. The Balaban J connectivity index is 1.29. The van der Waals surface area contributed by atoms with Crippen LogP contribution in [0.2, 0.25) is 0 Å². The Hall–Kier alpha value is -1.38. The van der Waals surface area contributed by atoms with Gasteiger partial charge in [-0.1, -0.05) is 49.4 Å². The molecule has 5 aliphatic rings. The van der Waals surface area contributed by atoms with E-state index in [1.165, 1.54) is 69.8 Å². The zero-order valence-electron chi connectivity index (χ0n) is 19.7. The summed E-state index contributed by atoms with van der Waals surface area (Å²) in [5.74, 6) is 1.51. The third-order valence-electron chi connectivity index (χ3n) is 10.2. The van der Waals surface area contributed by atoms with Gasteiger partial charge < -0.3 is 9.64 Å². The summed E-state index contributed by atoms with van der Waals surface area (Å²) in [6.07, 6.45) is 17.9. The molecule has 2 spiro atoms. The van der Waals surface area contributed by atoms with E-state index in [4.69, 9.17) is 4.74 Å². The smallest absolute Gasteiger partial charge is 0.0974 e. The molecule has 3 aliphatic carbocycles. The lowest BCUT2D eigenvalue weighted by molar-refractivity contribution is -0.142. The van der Waals surface area contributed by atoms with Crippen LogP contribution < -0.4 is 0 Å². The molecule has 2 heteroatoms. The molecule has 6 rings (SSSR count). The first-order chi connectivity index (χ1) is 15.0. The van der Waals surface area contributed by atoms with Gasteiger partial charge in [0.2, 0.25) is 0 Å². The highest BCUT2D eigenvalue weighted by atomic mass is 16.5. The zero-order valence-corrected chi connectivity index (χ0v) is 19.7. The molecule has 1 aromatic rings. The molecule has 0 N–H and O–H groups in total. The Kier molecular flexibility index (Phi) is 4.61. The van der Waals surface area contributed by atoms with Gasteiger partial charge in [0, 0.05) is 6.04 Å². The summed E-state index contributed by atoms with van der Waals surface area (Å²) in [7, 11) is 4.50. The van der Waals surface area contributed by atoms with Gasteiger partial charge in [-0.15, -0.1) is 0 Å². The van der Waals surface area contributed by atoms with E-state index in [2.05, 4.69) is 68.4 Å². The predicted octanol–water partition coefficient (Wildman–Crippen LogP) is 6.32. The highest BCUT2D eigenvalue weighted by Gasteiger charge is 2.66. The SMILES string of the molecule is CN(C)[C@@H]1CCC2=CC3=CC[C@]4(C)[C@@H](CCc5ccccc5)CC[C@H]4[C@@]34CCC2(C1)O4. The van der Waals surface area contributed by atoms with Gasteiger partial charge in [-0.3, -0.25) is 0 Å². The second-order valence-corrected chi connectivity index (χ2v) is 11.7. The monoisotopic (exact) mass is 417 g/mol. The molecule has 2 aliphatic heterocycles. The van der Waals surface area contributed by atoms with Gasteiger partial charge in [0.05, 0.1) is 11.2 Å². The van der Waals surface area contributed by atoms with E-state index in [0.29, 0.717) is 17.4 Å². The summed E-state index contributed by atoms with van der Waals surface area (Å²) >= 11 is 0. The number of rotatable bonds is 4. The second kappa shape index (κ2) is 7.06. The third kappa shape index (κ3) is 2.90. The van der Waals surface area contributed by atoms with Crippen molar-refractivity contribution in [2.45, 2.75) is 88.4 Å². The highest BCUT2D eigenvalue weighted by molar-refractivity contribution is 5.47. The summed E-state index contributed by atoms with van der Waals surface area (Å²) in [6.45, 7) is 2.61. The number of benzene rings is 1. The molecule has 1 saturated heterocycles. The van der Waals surface area contributed by atoms with E-state index in [1.807, 2.05) is 0 Å². The van der Waals surface area contributed by atoms with Crippen molar-refractivity contribution in [2.24, 2.45) is 17.3 Å². The molecule has 2 saturated carbocycles. The average molecular weight is 418 g/mol. The number of hydrogen-bond acceptors (Lipinski definition) is 2. The van der Waals surface area contributed by atoms with E-state index in [9.17, 15) is 0 Å². The number of nitrogens with zero attached hydrogens (tertiary/aromatic N) is 1. The van der Waals surface area contributed by atoms with Gasteiger partial charge in [0.15, 0.2) is 0 Å². The molecule has 3 fully saturated rings. The molecule has 2 bridgehead atoms. The van der Waals surface area contributed by atoms with Crippen LogP contribution in [0.1, 0.15) is 70.3 Å². The van der Waals surface area contributed by atoms with Crippen molar-refractivity contribution in [1.82, 2.24) is 4.90 Å². The number of ether oxygens (including phenoxy) is 1. The summed E-state index contributed by atoms with van der Waals surface area (Å²) in [4.78, 5) is 2.44. The molecule has 166 valence electrons. The van der Waals surface area contributed by atoms with Crippen LogP contribution in [-0.4, -0.2) is 36.2 Å². The zero-order chi connectivity index (χ0) is 21.3. The molecule has 0 amide bonds. The number of allylic oxidation sites excluding steroid dienone is 1. The predicted molar refractivity (Wildman–Crippen MR) is 127 cm³/mol. The van der Waals surface area contributed by atoms with Crippen LogP contribution in [0.25, 0.3) is 0 Å². The molecule has 31 heavy (non-hydrogen) atoms. The molecule has 2 heterocycles. The minimum absolute atomic E-state index is 0.00615. The first-order valence-corrected chi connectivity index (χ1v) is 12.8. The Morgan fingerprint density at radius 1 is 1.06 bits per heavy atom. The summed E-state index contributed by atoms with van der Waals surface area (Å²) in [5, 5.41) is 0. The second-order valence-electron chi connectivity index (χ2n) is 11.7. The minimum Gasteiger partial charge on any atom is -0.359 e. The van der Waals surface area contributed by atoms with E-state index in [0.717, 1.165) is 5.92 Å². The van der Waals surface area contributed by atoms with Crippen molar-refractivity contribution in [3.05, 3.63) is 59.2 Å². The molecular weight excluding hydrogens is 378 g/mol. The van der Waals surface area contributed by atoms with E-state index in [-0.39, 0.29) is 11.2 Å². The molecule has 1 unspecified atom stereocenters. The maximum atomic E-state index is 7.39. The van der Waals surface area contributed by atoms with Crippen LogP contribution in [0.15, 0.2) is 53.6 Å². The van der Waals surface area contributed by atoms with E-state index in [1.54, 1.807) is 11.1 Å². The van der Waals surface area contributed by atoms with E-state index >= 15 is 0 Å². The standard InChI is InChI=1S/C29H39NO/c1-27-16-15-24-19-23-11-13-25(30(2)3)20-28(23)17-18-29(24,31-28)26(27)14-12-22(27)10-9-21-7-5-4-6-8-21/h4-8,15,19,22,25-26H,9-14,16-18,20H2,1-3H3/t22-,25+,26+,27+,28?,29+/m0/s1. The highest BCUT2D eigenvalue weighted by Crippen LogP contribution is 2.68. The fourth-order valence-electron chi connectivity index (χ4n) is 8.38. The number of fused-ring (bicyclic) bond motifs is 1. The first kappa shape index (κ1) is 20.2. The van der Waals surface area contributed by atoms with Crippen LogP contribution in [0, 0.1) is 17.3 Å². The Morgan fingerprint density at radius 2 is 1.90 bits per heavy atom. The lowest BCUT2D eigenvalue weighted by atomic mass is 9.58. The van der Waals surface area contributed by atoms with Crippen LogP contribution in [0.4, 0.5) is 0 Å². The van der Waals surface area contributed by atoms with Crippen molar-refractivity contribution in [3.8, 4) is 0 Å². The number of aryl methyl sites for hydroxylation is 1. The van der Waals surface area contributed by atoms with Crippen molar-refractivity contribution < 1.29 is 4.74 Å². The Morgan fingerprint density at radius 3 is 2.71 bits per heavy atom. The molecule has 0 aromatic heterocycles. The molecule has 0 radical (unpaired) electrons. The number of hydrogen-bond donors (Lipinski definition) is 0. The quantitative estimate of drug-likeness (QED) is 0.568.